The highest BCUT2D eigenvalue weighted by molar-refractivity contribution is 6.07. The second-order valence-corrected chi connectivity index (χ2v) is 9.25. The van der Waals surface area contributed by atoms with E-state index in [1.807, 2.05) is 12.1 Å². The number of anilines is 1. The fourth-order valence-electron chi connectivity index (χ4n) is 5.59. The number of benzene rings is 2. The Balaban J connectivity index is 1.49. The van der Waals surface area contributed by atoms with Gasteiger partial charge in [-0.1, -0.05) is 18.2 Å². The Hall–Kier alpha value is -3.76. The smallest absolute Gasteiger partial charge is 0.479 e. The van der Waals surface area contributed by atoms with Crippen LogP contribution in [-0.2, 0) is 15.1 Å². The summed E-state index contributed by atoms with van der Waals surface area (Å²) in [7, 11) is 0. The maximum Gasteiger partial charge on any atom is 0.573 e. The number of nitrogens with one attached hydrogen (secondary N) is 1. The van der Waals surface area contributed by atoms with E-state index in [0.29, 0.717) is 12.1 Å². The number of alkyl halides is 3. The minimum atomic E-state index is -4.83. The zero-order chi connectivity index (χ0) is 25.7. The van der Waals surface area contributed by atoms with Crippen molar-refractivity contribution in [1.82, 2.24) is 5.32 Å². The summed E-state index contributed by atoms with van der Waals surface area (Å²) < 4.78 is 46.3. The molecule has 2 aromatic carbocycles. The first-order valence-electron chi connectivity index (χ1n) is 11.6. The second-order valence-electron chi connectivity index (χ2n) is 9.25. The molecule has 3 aliphatic rings. The third-order valence-corrected chi connectivity index (χ3v) is 7.17. The molecule has 0 aromatic heterocycles. The molecule has 0 saturated heterocycles. The lowest BCUT2D eigenvalue weighted by atomic mass is 9.58. The van der Waals surface area contributed by atoms with Crippen LogP contribution in [0, 0.1) is 11.8 Å². The number of amides is 2. The molecule has 36 heavy (non-hydrogen) atoms. The Labute approximate surface area is 204 Å². The van der Waals surface area contributed by atoms with Gasteiger partial charge >= 0.3 is 18.4 Å². The van der Waals surface area contributed by atoms with Crippen molar-refractivity contribution < 1.29 is 42.1 Å². The first-order chi connectivity index (χ1) is 17.1. The van der Waals surface area contributed by atoms with Crippen LogP contribution in [-0.4, -0.2) is 42.1 Å². The maximum absolute atomic E-state index is 13.6. The second kappa shape index (κ2) is 8.72. The molecule has 11 heteroatoms. The molecule has 5 rings (SSSR count). The summed E-state index contributed by atoms with van der Waals surface area (Å²) in [4.78, 5) is 38.8. The molecule has 1 aliphatic heterocycles. The molecular weight excluding hydrogens is 481 g/mol. The summed E-state index contributed by atoms with van der Waals surface area (Å²) in [5.41, 5.74) is 0.740. The van der Waals surface area contributed by atoms with Crippen molar-refractivity contribution >= 4 is 23.7 Å². The van der Waals surface area contributed by atoms with Crippen LogP contribution in [0.15, 0.2) is 48.5 Å². The first kappa shape index (κ1) is 24.0. The quantitative estimate of drug-likeness (QED) is 0.603. The number of carboxylic acid groups (broad SMARTS) is 1. The van der Waals surface area contributed by atoms with Gasteiger partial charge in [0.25, 0.3) is 5.91 Å². The number of carboxylic acids is 1. The number of carbonyl (C=O) groups excluding carboxylic acids is 2. The topological polar surface area (TPSA) is 105 Å². The number of nitrogens with zero attached hydrogens (tertiary/aromatic N) is 1. The zero-order valence-corrected chi connectivity index (χ0v) is 19.0. The van der Waals surface area contributed by atoms with Gasteiger partial charge in [0, 0.05) is 28.8 Å². The summed E-state index contributed by atoms with van der Waals surface area (Å²) >= 11 is 0. The number of ether oxygens (including phenoxy) is 2. The van der Waals surface area contributed by atoms with E-state index in [1.54, 1.807) is 17.0 Å². The van der Waals surface area contributed by atoms with Gasteiger partial charge in [-0.15, -0.1) is 13.2 Å². The van der Waals surface area contributed by atoms with Crippen LogP contribution in [0.4, 0.5) is 23.7 Å². The largest absolute Gasteiger partial charge is 0.573 e. The van der Waals surface area contributed by atoms with E-state index in [9.17, 15) is 27.6 Å². The maximum atomic E-state index is 13.6. The molecule has 2 aliphatic carbocycles. The highest BCUT2D eigenvalue weighted by atomic mass is 19.4. The van der Waals surface area contributed by atoms with Crippen LogP contribution in [0.25, 0.3) is 0 Å². The number of alkyl carbamates (subject to hydrolysis) is 1. The van der Waals surface area contributed by atoms with Gasteiger partial charge in [0.2, 0.25) is 0 Å². The number of halogens is 3. The van der Waals surface area contributed by atoms with Gasteiger partial charge in [-0.2, -0.15) is 0 Å². The summed E-state index contributed by atoms with van der Waals surface area (Å²) in [5, 5.41) is 11.9. The molecule has 190 valence electrons. The molecule has 2 fully saturated rings. The molecule has 2 amide bonds. The van der Waals surface area contributed by atoms with Gasteiger partial charge in [-0.05, 0) is 61.9 Å². The van der Waals surface area contributed by atoms with E-state index in [4.69, 9.17) is 9.84 Å². The minimum absolute atomic E-state index is 0.111. The number of fused-ring (bicyclic) bond motifs is 2. The van der Waals surface area contributed by atoms with E-state index >= 15 is 0 Å². The zero-order valence-electron chi connectivity index (χ0n) is 19.0. The number of hydrogen-bond acceptors (Lipinski definition) is 5. The summed E-state index contributed by atoms with van der Waals surface area (Å²) in [5.74, 6) is -2.07. The molecule has 8 nitrogen and oxygen atoms in total. The van der Waals surface area contributed by atoms with Crippen molar-refractivity contribution in [3.63, 3.8) is 0 Å². The number of aliphatic carboxylic acids is 1. The van der Waals surface area contributed by atoms with E-state index in [1.165, 1.54) is 12.1 Å². The molecule has 0 unspecified atom stereocenters. The summed E-state index contributed by atoms with van der Waals surface area (Å²) in [6, 6.07) is 11.8. The molecule has 0 spiro atoms. The lowest BCUT2D eigenvalue weighted by Gasteiger charge is -2.59. The van der Waals surface area contributed by atoms with E-state index in [-0.39, 0.29) is 29.3 Å². The third kappa shape index (κ3) is 4.22. The molecular formula is C25H23F3N2O6. The molecule has 0 radical (unpaired) electrons. The molecule has 1 heterocycles. The van der Waals surface area contributed by atoms with Crippen molar-refractivity contribution in [2.75, 3.05) is 11.5 Å². The van der Waals surface area contributed by atoms with Crippen molar-refractivity contribution in [2.24, 2.45) is 11.8 Å². The number of carbonyl (C=O) groups is 3. The molecule has 3 atom stereocenters. The lowest BCUT2D eigenvalue weighted by Crippen LogP contribution is -2.67. The van der Waals surface area contributed by atoms with E-state index in [0.717, 1.165) is 37.0 Å². The Morgan fingerprint density at radius 3 is 2.31 bits per heavy atom. The third-order valence-electron chi connectivity index (χ3n) is 7.17. The highest BCUT2D eigenvalue weighted by Crippen LogP contribution is 2.61. The van der Waals surface area contributed by atoms with Gasteiger partial charge in [0.15, 0.2) is 6.61 Å². The van der Waals surface area contributed by atoms with Crippen molar-refractivity contribution in [3.8, 4) is 5.75 Å². The normalized spacial score (nSPS) is 24.6. The Kier molecular flexibility index (Phi) is 5.80. The minimum Gasteiger partial charge on any atom is -0.479 e. The monoisotopic (exact) mass is 504 g/mol. The van der Waals surface area contributed by atoms with Gasteiger partial charge in [-0.25, -0.2) is 9.59 Å². The van der Waals surface area contributed by atoms with E-state index in [2.05, 4.69) is 10.1 Å². The van der Waals surface area contributed by atoms with Crippen LogP contribution < -0.4 is 15.0 Å². The SMILES string of the molecule is O=C(O)COC(=O)N[C@]1(C2CC2)c2ccccc2N(C(=O)c2ccc(OC(F)(F)F)cc2)[C@@H]2CC[C@@H]21. The Bertz CT molecular complexity index is 1200. The van der Waals surface area contributed by atoms with Crippen molar-refractivity contribution in [1.29, 1.82) is 0 Å². The fraction of sp³-hybridized carbons (Fsp3) is 0.400. The lowest BCUT2D eigenvalue weighted by molar-refractivity contribution is -0.274. The summed E-state index contributed by atoms with van der Waals surface area (Å²) in [6.45, 7) is -0.763. The van der Waals surface area contributed by atoms with Gasteiger partial charge in [-0.3, -0.25) is 4.79 Å². The number of hydrogen-bond donors (Lipinski definition) is 2. The van der Waals surface area contributed by atoms with Crippen LogP contribution in [0.2, 0.25) is 0 Å². The van der Waals surface area contributed by atoms with Crippen LogP contribution >= 0.6 is 0 Å². The molecule has 0 bridgehead atoms. The molecule has 2 saturated carbocycles. The van der Waals surface area contributed by atoms with Crippen LogP contribution in [0.3, 0.4) is 0 Å². The van der Waals surface area contributed by atoms with Gasteiger partial charge in [0.05, 0.1) is 5.54 Å². The number of rotatable bonds is 6. The first-order valence-corrected chi connectivity index (χ1v) is 11.6. The predicted octanol–water partition coefficient (Wildman–Crippen LogP) is 4.44. The number of para-hydroxylation sites is 1. The standard InChI is InChI=1S/C25H23F3N2O6/c26-25(27,28)36-16-9-5-14(6-10-16)22(33)30-19-4-2-1-3-17(19)24(15-7-8-15,18-11-12-20(18)30)29-23(34)35-13-21(31)32/h1-6,9-10,15,18,20H,7-8,11-13H2,(H,29,34)(H,31,32)/t18-,20+,24+/m0/s1. The van der Waals surface area contributed by atoms with E-state index < -0.39 is 36.3 Å². The van der Waals surface area contributed by atoms with Gasteiger partial charge < -0.3 is 24.8 Å². The molecule has 2 aromatic rings. The van der Waals surface area contributed by atoms with Crippen molar-refractivity contribution in [2.45, 2.75) is 43.6 Å². The Morgan fingerprint density at radius 2 is 1.72 bits per heavy atom. The Morgan fingerprint density at radius 1 is 1.03 bits per heavy atom. The predicted molar refractivity (Wildman–Crippen MR) is 119 cm³/mol. The summed E-state index contributed by atoms with van der Waals surface area (Å²) in [6.07, 6.45) is -2.51. The highest BCUT2D eigenvalue weighted by Gasteiger charge is 2.63. The molecule has 2 N–H and O–H groups in total. The van der Waals surface area contributed by atoms with Crippen LogP contribution in [0.1, 0.15) is 41.6 Å². The average Bonchev–Trinajstić information content (AvgIpc) is 3.64. The van der Waals surface area contributed by atoms with Crippen molar-refractivity contribution in [3.05, 3.63) is 59.7 Å². The van der Waals surface area contributed by atoms with Gasteiger partial charge in [0.1, 0.15) is 5.75 Å². The fourth-order valence-corrected chi connectivity index (χ4v) is 5.59. The average molecular weight is 504 g/mol. The van der Waals surface area contributed by atoms with Crippen LogP contribution in [0.5, 0.6) is 5.75 Å².